The molecule has 0 bridgehead atoms. The third-order valence-corrected chi connectivity index (χ3v) is 3.96. The molecule has 0 atom stereocenters. The first-order valence-corrected chi connectivity index (χ1v) is 7.32. The number of nitro benzene ring substituents is 1. The number of benzene rings is 2. The fraction of sp³-hybridized carbons (Fsp3) is 0.235. The first kappa shape index (κ1) is 14.3. The van der Waals surface area contributed by atoms with Gasteiger partial charge in [-0.3, -0.25) is 14.9 Å². The highest BCUT2D eigenvalue weighted by atomic mass is 16.6. The molecule has 112 valence electrons. The van der Waals surface area contributed by atoms with E-state index < -0.39 is 4.92 Å². The number of non-ortho nitro benzene ring substituents is 1. The molecule has 0 spiro atoms. The van der Waals surface area contributed by atoms with Crippen LogP contribution in [-0.4, -0.2) is 10.8 Å². The summed E-state index contributed by atoms with van der Waals surface area (Å²) in [5.41, 5.74) is 3.50. The van der Waals surface area contributed by atoms with Crippen LogP contribution in [0.15, 0.2) is 42.5 Å². The molecule has 0 saturated carbocycles. The molecule has 1 N–H and O–H groups in total. The molecule has 0 aliphatic heterocycles. The van der Waals surface area contributed by atoms with E-state index in [-0.39, 0.29) is 11.6 Å². The number of carbonyl (C=O) groups is 1. The molecule has 22 heavy (non-hydrogen) atoms. The van der Waals surface area contributed by atoms with E-state index in [2.05, 4.69) is 11.4 Å². The van der Waals surface area contributed by atoms with E-state index in [0.29, 0.717) is 5.56 Å². The predicted octanol–water partition coefficient (Wildman–Crippen LogP) is 3.73. The molecule has 0 radical (unpaired) electrons. The van der Waals surface area contributed by atoms with Gasteiger partial charge >= 0.3 is 0 Å². The largest absolute Gasteiger partial charge is 0.322 e. The number of nitrogens with zero attached hydrogens (tertiary/aromatic N) is 1. The topological polar surface area (TPSA) is 72.2 Å². The van der Waals surface area contributed by atoms with Gasteiger partial charge in [-0.1, -0.05) is 18.2 Å². The third kappa shape index (κ3) is 2.83. The number of aryl methyl sites for hydroxylation is 1. The number of hydrogen-bond donors (Lipinski definition) is 1. The van der Waals surface area contributed by atoms with Gasteiger partial charge in [0.05, 0.1) is 4.92 Å². The standard InChI is InChI=1S/C17H16N2O3/c20-17(13-7-3-8-14(11-13)19(21)22)18-16-10-4-6-12-5-1-2-9-15(12)16/h3-4,6-8,10-11H,1-2,5,9H2,(H,18,20). The normalized spacial score (nSPS) is 13.3. The highest BCUT2D eigenvalue weighted by molar-refractivity contribution is 6.05. The molecule has 5 heteroatoms. The van der Waals surface area contributed by atoms with E-state index in [9.17, 15) is 14.9 Å². The van der Waals surface area contributed by atoms with Crippen LogP contribution in [0.2, 0.25) is 0 Å². The molecule has 0 fully saturated rings. The van der Waals surface area contributed by atoms with Gasteiger partial charge in [0, 0.05) is 23.4 Å². The van der Waals surface area contributed by atoms with Gasteiger partial charge in [0.15, 0.2) is 0 Å². The van der Waals surface area contributed by atoms with Crippen molar-refractivity contribution in [2.45, 2.75) is 25.7 Å². The molecule has 0 saturated heterocycles. The summed E-state index contributed by atoms with van der Waals surface area (Å²) < 4.78 is 0. The molecule has 2 aromatic rings. The second-order valence-corrected chi connectivity index (χ2v) is 5.41. The lowest BCUT2D eigenvalue weighted by Gasteiger charge is -2.19. The summed E-state index contributed by atoms with van der Waals surface area (Å²) in [6, 6.07) is 11.7. The van der Waals surface area contributed by atoms with Crippen LogP contribution in [-0.2, 0) is 12.8 Å². The van der Waals surface area contributed by atoms with Crippen LogP contribution in [0.4, 0.5) is 11.4 Å². The summed E-state index contributed by atoms with van der Waals surface area (Å²) in [6.45, 7) is 0. The Morgan fingerprint density at radius 2 is 1.86 bits per heavy atom. The van der Waals surface area contributed by atoms with Crippen molar-refractivity contribution in [2.24, 2.45) is 0 Å². The van der Waals surface area contributed by atoms with Gasteiger partial charge in [-0.05, 0) is 48.9 Å². The minimum absolute atomic E-state index is 0.0808. The Balaban J connectivity index is 1.86. The number of nitrogens with one attached hydrogen (secondary N) is 1. The fourth-order valence-electron chi connectivity index (χ4n) is 2.85. The Labute approximate surface area is 128 Å². The maximum absolute atomic E-state index is 12.3. The summed E-state index contributed by atoms with van der Waals surface area (Å²) in [7, 11) is 0. The van der Waals surface area contributed by atoms with Gasteiger partial charge in [0.25, 0.3) is 11.6 Å². The average molecular weight is 296 g/mol. The second kappa shape index (κ2) is 5.97. The summed E-state index contributed by atoms with van der Waals surface area (Å²) in [4.78, 5) is 22.6. The number of amides is 1. The quantitative estimate of drug-likeness (QED) is 0.693. The Morgan fingerprint density at radius 1 is 1.09 bits per heavy atom. The average Bonchev–Trinajstić information content (AvgIpc) is 2.55. The maximum atomic E-state index is 12.3. The maximum Gasteiger partial charge on any atom is 0.270 e. The van der Waals surface area contributed by atoms with E-state index in [1.54, 1.807) is 6.07 Å². The minimum atomic E-state index is -0.499. The summed E-state index contributed by atoms with van der Waals surface area (Å²) in [5, 5.41) is 13.7. The number of hydrogen-bond acceptors (Lipinski definition) is 3. The molecule has 1 aliphatic carbocycles. The van der Waals surface area contributed by atoms with Crippen molar-refractivity contribution in [2.75, 3.05) is 5.32 Å². The van der Waals surface area contributed by atoms with E-state index in [1.807, 2.05) is 12.1 Å². The van der Waals surface area contributed by atoms with Gasteiger partial charge in [-0.25, -0.2) is 0 Å². The van der Waals surface area contributed by atoms with Crippen molar-refractivity contribution in [1.29, 1.82) is 0 Å². The van der Waals surface area contributed by atoms with Crippen LogP contribution in [0.3, 0.4) is 0 Å². The minimum Gasteiger partial charge on any atom is -0.322 e. The van der Waals surface area contributed by atoms with Gasteiger partial charge in [-0.2, -0.15) is 0 Å². The summed E-state index contributed by atoms with van der Waals surface area (Å²) >= 11 is 0. The van der Waals surface area contributed by atoms with Gasteiger partial charge in [-0.15, -0.1) is 0 Å². The van der Waals surface area contributed by atoms with E-state index in [4.69, 9.17) is 0 Å². The van der Waals surface area contributed by atoms with E-state index >= 15 is 0 Å². The molecule has 3 rings (SSSR count). The van der Waals surface area contributed by atoms with Crippen molar-refractivity contribution in [1.82, 2.24) is 0 Å². The highest BCUT2D eigenvalue weighted by Gasteiger charge is 2.16. The third-order valence-electron chi connectivity index (χ3n) is 3.96. The van der Waals surface area contributed by atoms with Crippen LogP contribution in [0.5, 0.6) is 0 Å². The molecule has 1 amide bonds. The molecule has 5 nitrogen and oxygen atoms in total. The lowest BCUT2D eigenvalue weighted by Crippen LogP contribution is -2.15. The Morgan fingerprint density at radius 3 is 2.68 bits per heavy atom. The van der Waals surface area contributed by atoms with Gasteiger partial charge < -0.3 is 5.32 Å². The molecule has 0 heterocycles. The van der Waals surface area contributed by atoms with Crippen molar-refractivity contribution in [3.05, 3.63) is 69.3 Å². The zero-order chi connectivity index (χ0) is 15.5. The number of nitro groups is 1. The lowest BCUT2D eigenvalue weighted by atomic mass is 9.90. The number of anilines is 1. The zero-order valence-electron chi connectivity index (χ0n) is 12.0. The molecule has 0 aromatic heterocycles. The lowest BCUT2D eigenvalue weighted by molar-refractivity contribution is -0.384. The van der Waals surface area contributed by atoms with Crippen LogP contribution in [0.1, 0.15) is 34.3 Å². The van der Waals surface area contributed by atoms with Gasteiger partial charge in [0.2, 0.25) is 0 Å². The van der Waals surface area contributed by atoms with Crippen molar-refractivity contribution < 1.29 is 9.72 Å². The highest BCUT2D eigenvalue weighted by Crippen LogP contribution is 2.28. The van der Waals surface area contributed by atoms with Crippen LogP contribution in [0, 0.1) is 10.1 Å². The second-order valence-electron chi connectivity index (χ2n) is 5.41. The molecule has 2 aromatic carbocycles. The van der Waals surface area contributed by atoms with Crippen LogP contribution < -0.4 is 5.32 Å². The Kier molecular flexibility index (Phi) is 3.87. The first-order chi connectivity index (χ1) is 10.6. The fourth-order valence-corrected chi connectivity index (χ4v) is 2.85. The molecular formula is C17H16N2O3. The SMILES string of the molecule is O=C(Nc1cccc2c1CCCC2)c1cccc([N+](=O)[O-])c1. The Bertz CT molecular complexity index is 740. The predicted molar refractivity (Wildman–Crippen MR) is 84.1 cm³/mol. The number of rotatable bonds is 3. The monoisotopic (exact) mass is 296 g/mol. The van der Waals surface area contributed by atoms with Gasteiger partial charge in [0.1, 0.15) is 0 Å². The smallest absolute Gasteiger partial charge is 0.270 e. The van der Waals surface area contributed by atoms with Crippen LogP contribution in [0.25, 0.3) is 0 Å². The Hall–Kier alpha value is -2.69. The number of carbonyl (C=O) groups excluding carboxylic acids is 1. The number of fused-ring (bicyclic) bond motifs is 1. The first-order valence-electron chi connectivity index (χ1n) is 7.32. The molecular weight excluding hydrogens is 280 g/mol. The zero-order valence-corrected chi connectivity index (χ0v) is 12.0. The summed E-state index contributed by atoms with van der Waals surface area (Å²) in [5.74, 6) is -0.317. The van der Waals surface area contributed by atoms with Crippen molar-refractivity contribution >= 4 is 17.3 Å². The molecule has 0 unspecified atom stereocenters. The van der Waals surface area contributed by atoms with Crippen LogP contribution >= 0.6 is 0 Å². The van der Waals surface area contributed by atoms with E-state index in [1.165, 1.54) is 35.7 Å². The van der Waals surface area contributed by atoms with E-state index in [0.717, 1.165) is 24.9 Å². The van der Waals surface area contributed by atoms with Crippen molar-refractivity contribution in [3.8, 4) is 0 Å². The summed E-state index contributed by atoms with van der Waals surface area (Å²) in [6.07, 6.45) is 4.29. The van der Waals surface area contributed by atoms with Crippen molar-refractivity contribution in [3.63, 3.8) is 0 Å². The molecule has 1 aliphatic rings.